The topological polar surface area (TPSA) is 127 Å². The molecule has 0 radical (unpaired) electrons. The largest absolute Gasteiger partial charge is 0.481 e. The van der Waals surface area contributed by atoms with Crippen LogP contribution in [0.2, 0.25) is 0 Å². The number of carboxylic acids is 1. The number of hydrogen-bond acceptors (Lipinski definition) is 6. The van der Waals surface area contributed by atoms with E-state index >= 15 is 0 Å². The summed E-state index contributed by atoms with van der Waals surface area (Å²) in [5, 5.41) is 45.1. The molecular formula is C22H30BrNO6. The molecule has 8 heteroatoms. The number of carbonyl (C=O) groups excluding carboxylic acids is 1. The van der Waals surface area contributed by atoms with Crippen LogP contribution in [0, 0.1) is 22.7 Å². The van der Waals surface area contributed by atoms with E-state index in [0.717, 1.165) is 18.4 Å². The molecule has 166 valence electrons. The Morgan fingerprint density at radius 2 is 2.03 bits per heavy atom. The van der Waals surface area contributed by atoms with Gasteiger partial charge in [-0.2, -0.15) is 0 Å². The van der Waals surface area contributed by atoms with Crippen molar-refractivity contribution in [3.63, 3.8) is 0 Å². The lowest BCUT2D eigenvalue weighted by Crippen LogP contribution is -2.68. The van der Waals surface area contributed by atoms with Crippen LogP contribution < -0.4 is 0 Å². The highest BCUT2D eigenvalue weighted by molar-refractivity contribution is 9.10. The van der Waals surface area contributed by atoms with Crippen LogP contribution in [0.15, 0.2) is 16.8 Å². The molecular weight excluding hydrogens is 454 g/mol. The average molecular weight is 484 g/mol. The molecule has 0 amide bonds. The molecule has 0 aliphatic heterocycles. The summed E-state index contributed by atoms with van der Waals surface area (Å²) in [5.74, 6) is -0.923. The third-order valence-corrected chi connectivity index (χ3v) is 11.0. The standard InChI is InChI=1S/C22H30BrNO6/c1-19-7-4-14(25)10-13(19)2-3-16-15-5-8-21(29,9-6-18(27)28)20(15,12-24-30)11-17(26)22(16,19)23/h10,12,15-17,26,29-30H,2-9,11H2,1H3,(H,27,28)/b24-12+/t15-,16-,17-,19-,20+,21+,22-/m0/s1. The predicted octanol–water partition coefficient (Wildman–Crippen LogP) is 3.04. The number of oxime groups is 1. The maximum Gasteiger partial charge on any atom is 0.303 e. The molecule has 4 N–H and O–H groups in total. The van der Waals surface area contributed by atoms with Gasteiger partial charge in [-0.25, -0.2) is 0 Å². The maximum atomic E-state index is 12.1. The molecule has 4 rings (SSSR count). The zero-order valence-corrected chi connectivity index (χ0v) is 18.8. The molecule has 3 saturated carbocycles. The van der Waals surface area contributed by atoms with E-state index in [2.05, 4.69) is 28.0 Å². The zero-order valence-electron chi connectivity index (χ0n) is 17.2. The normalized spacial score (nSPS) is 48.1. The summed E-state index contributed by atoms with van der Waals surface area (Å²) >= 11 is 3.98. The summed E-state index contributed by atoms with van der Waals surface area (Å²) in [5.41, 5.74) is -1.64. The second-order valence-electron chi connectivity index (χ2n) is 9.96. The van der Waals surface area contributed by atoms with Gasteiger partial charge in [-0.05, 0) is 62.9 Å². The highest BCUT2D eigenvalue weighted by Gasteiger charge is 2.72. The van der Waals surface area contributed by atoms with Crippen LogP contribution in [0.3, 0.4) is 0 Å². The lowest BCUT2D eigenvalue weighted by molar-refractivity contribution is -0.146. The molecule has 0 unspecified atom stereocenters. The number of halogens is 1. The molecule has 0 spiro atoms. The molecule has 4 aliphatic rings. The minimum absolute atomic E-state index is 0.00606. The van der Waals surface area contributed by atoms with E-state index in [1.54, 1.807) is 6.08 Å². The van der Waals surface area contributed by atoms with Gasteiger partial charge in [0.05, 0.1) is 22.2 Å². The molecule has 0 saturated heterocycles. The summed E-state index contributed by atoms with van der Waals surface area (Å²) in [6.07, 6.45) is 5.99. The van der Waals surface area contributed by atoms with Crippen molar-refractivity contribution in [1.29, 1.82) is 0 Å². The van der Waals surface area contributed by atoms with Crippen molar-refractivity contribution in [1.82, 2.24) is 0 Å². The average Bonchev–Trinajstić information content (AvgIpc) is 2.95. The van der Waals surface area contributed by atoms with Gasteiger partial charge in [-0.3, -0.25) is 9.59 Å². The van der Waals surface area contributed by atoms with Gasteiger partial charge in [0.25, 0.3) is 0 Å². The number of rotatable bonds is 4. The Bertz CT molecular complexity index is 828. The van der Waals surface area contributed by atoms with Crippen molar-refractivity contribution in [3.05, 3.63) is 11.6 Å². The Labute approximate surface area is 184 Å². The van der Waals surface area contributed by atoms with E-state index < -0.39 is 27.4 Å². The molecule has 7 atom stereocenters. The fraction of sp³-hybridized carbons (Fsp3) is 0.773. The van der Waals surface area contributed by atoms with Crippen molar-refractivity contribution >= 4 is 33.9 Å². The first-order valence-electron chi connectivity index (χ1n) is 10.8. The smallest absolute Gasteiger partial charge is 0.303 e. The number of fused-ring (bicyclic) bond motifs is 5. The van der Waals surface area contributed by atoms with Gasteiger partial charge in [0.15, 0.2) is 5.78 Å². The van der Waals surface area contributed by atoms with Crippen LogP contribution in [0.25, 0.3) is 0 Å². The van der Waals surface area contributed by atoms with Gasteiger partial charge in [-0.15, -0.1) is 5.16 Å². The number of carbonyl (C=O) groups is 2. The first kappa shape index (κ1) is 22.0. The number of carboxylic acid groups (broad SMARTS) is 1. The van der Waals surface area contributed by atoms with Crippen molar-refractivity contribution < 1.29 is 30.1 Å². The summed E-state index contributed by atoms with van der Waals surface area (Å²) in [7, 11) is 0. The van der Waals surface area contributed by atoms with Gasteiger partial charge in [-0.1, -0.05) is 28.4 Å². The summed E-state index contributed by atoms with van der Waals surface area (Å²) in [6.45, 7) is 2.12. The molecule has 0 aromatic rings. The Kier molecular flexibility index (Phi) is 5.22. The molecule has 3 fully saturated rings. The van der Waals surface area contributed by atoms with Crippen molar-refractivity contribution in [2.75, 3.05) is 0 Å². The quantitative estimate of drug-likeness (QED) is 0.210. The number of aliphatic hydroxyl groups is 2. The minimum Gasteiger partial charge on any atom is -0.481 e. The van der Waals surface area contributed by atoms with Gasteiger partial charge in [0.2, 0.25) is 0 Å². The molecule has 4 aliphatic carbocycles. The number of aliphatic carboxylic acids is 1. The lowest BCUT2D eigenvalue weighted by Gasteiger charge is -2.65. The lowest BCUT2D eigenvalue weighted by atomic mass is 9.45. The number of ketones is 1. The first-order valence-corrected chi connectivity index (χ1v) is 11.6. The Balaban J connectivity index is 1.79. The number of allylic oxidation sites excluding steroid dienone is 1. The molecule has 7 nitrogen and oxygen atoms in total. The van der Waals surface area contributed by atoms with E-state index in [4.69, 9.17) is 0 Å². The van der Waals surface area contributed by atoms with Gasteiger partial charge >= 0.3 is 5.97 Å². The highest BCUT2D eigenvalue weighted by Crippen LogP contribution is 2.71. The third kappa shape index (κ3) is 2.72. The molecule has 0 heterocycles. The van der Waals surface area contributed by atoms with Gasteiger partial charge < -0.3 is 20.5 Å². The van der Waals surface area contributed by atoms with Crippen molar-refractivity contribution in [2.24, 2.45) is 27.8 Å². The molecule has 30 heavy (non-hydrogen) atoms. The number of alkyl halides is 1. The Morgan fingerprint density at radius 1 is 1.30 bits per heavy atom. The van der Waals surface area contributed by atoms with E-state index in [-0.39, 0.29) is 42.3 Å². The molecule has 0 aromatic heterocycles. The van der Waals surface area contributed by atoms with Crippen LogP contribution in [0.4, 0.5) is 0 Å². The zero-order chi connectivity index (χ0) is 21.9. The van der Waals surface area contributed by atoms with E-state index in [0.29, 0.717) is 25.7 Å². The molecule has 0 aromatic carbocycles. The second kappa shape index (κ2) is 7.14. The summed E-state index contributed by atoms with van der Waals surface area (Å²) < 4.78 is -0.652. The van der Waals surface area contributed by atoms with Crippen LogP contribution in [0.1, 0.15) is 64.7 Å². The fourth-order valence-electron chi connectivity index (χ4n) is 7.43. The van der Waals surface area contributed by atoms with Crippen LogP contribution >= 0.6 is 15.9 Å². The van der Waals surface area contributed by atoms with E-state index in [1.807, 2.05) is 0 Å². The third-order valence-electron chi connectivity index (χ3n) is 8.96. The minimum atomic E-state index is -1.35. The summed E-state index contributed by atoms with van der Waals surface area (Å²) in [4.78, 5) is 23.3. The SMILES string of the molecule is C[C@]12CCC(=O)C=C1CC[C@H]1[C@@H]3CC[C@@](O)(CCC(=O)O)[C@@]3(/C=N/O)C[C@H](O)[C@@]12Br. The van der Waals surface area contributed by atoms with Gasteiger partial charge in [0.1, 0.15) is 0 Å². The Hall–Kier alpha value is -1.25. The first-order chi connectivity index (χ1) is 14.0. The van der Waals surface area contributed by atoms with Crippen molar-refractivity contribution in [3.8, 4) is 0 Å². The highest BCUT2D eigenvalue weighted by atomic mass is 79.9. The maximum absolute atomic E-state index is 12.1. The van der Waals surface area contributed by atoms with E-state index in [9.17, 15) is 30.1 Å². The van der Waals surface area contributed by atoms with Crippen molar-refractivity contribution in [2.45, 2.75) is 80.7 Å². The van der Waals surface area contributed by atoms with Crippen LogP contribution in [0.5, 0.6) is 0 Å². The number of hydrogen-bond donors (Lipinski definition) is 4. The fourth-order valence-corrected chi connectivity index (χ4v) is 8.59. The summed E-state index contributed by atoms with van der Waals surface area (Å²) in [6, 6.07) is 0. The monoisotopic (exact) mass is 483 g/mol. The number of nitrogens with zero attached hydrogens (tertiary/aromatic N) is 1. The Morgan fingerprint density at radius 3 is 2.70 bits per heavy atom. The predicted molar refractivity (Wildman–Crippen MR) is 113 cm³/mol. The number of aliphatic hydroxyl groups excluding tert-OH is 1. The van der Waals surface area contributed by atoms with E-state index in [1.165, 1.54) is 6.21 Å². The van der Waals surface area contributed by atoms with Crippen LogP contribution in [-0.4, -0.2) is 54.5 Å². The second-order valence-corrected chi connectivity index (χ2v) is 11.3. The van der Waals surface area contributed by atoms with Gasteiger partial charge in [0, 0.05) is 23.7 Å². The van der Waals surface area contributed by atoms with Crippen LogP contribution in [-0.2, 0) is 9.59 Å². The molecule has 0 bridgehead atoms.